The van der Waals surface area contributed by atoms with E-state index in [1.54, 1.807) is 0 Å². The summed E-state index contributed by atoms with van der Waals surface area (Å²) in [5, 5.41) is 0.295. The number of hydrogen-bond acceptors (Lipinski definition) is 3. The zero-order valence-corrected chi connectivity index (χ0v) is 8.62. The Morgan fingerprint density at radius 1 is 1.42 bits per heavy atom. The first kappa shape index (κ1) is 8.75. The van der Waals surface area contributed by atoms with E-state index in [9.17, 15) is 4.79 Å². The minimum Gasteiger partial charge on any atom is -0.332 e. The van der Waals surface area contributed by atoms with E-state index in [2.05, 4.69) is 0 Å². The Labute approximate surface area is 81.4 Å². The Morgan fingerprint density at radius 3 is 2.92 bits per heavy atom. The van der Waals surface area contributed by atoms with E-state index in [4.69, 9.17) is 0 Å². The number of amides is 1. The molecule has 0 aromatic carbocycles. The van der Waals surface area contributed by atoms with Gasteiger partial charge in [0.1, 0.15) is 0 Å². The fourth-order valence-electron chi connectivity index (χ4n) is 1.56. The molecule has 4 heteroatoms. The van der Waals surface area contributed by atoms with Gasteiger partial charge in [-0.05, 0) is 18.6 Å². The Morgan fingerprint density at radius 2 is 2.33 bits per heavy atom. The monoisotopic (exact) mass is 203 g/mol. The molecular weight excluding hydrogens is 190 g/mol. The van der Waals surface area contributed by atoms with Crippen molar-refractivity contribution in [3.05, 3.63) is 0 Å². The topological polar surface area (TPSA) is 20.3 Å². The molecule has 1 unspecified atom stereocenters. The van der Waals surface area contributed by atoms with Crippen molar-refractivity contribution in [2.24, 2.45) is 0 Å². The number of carbonyl (C=O) groups is 1. The number of hydrogen-bond donors (Lipinski definition) is 0. The van der Waals surface area contributed by atoms with Crippen LogP contribution in [0, 0.1) is 0 Å². The van der Waals surface area contributed by atoms with Crippen molar-refractivity contribution >= 4 is 29.4 Å². The van der Waals surface area contributed by atoms with Gasteiger partial charge in [-0.1, -0.05) is 0 Å². The summed E-state index contributed by atoms with van der Waals surface area (Å²) in [6, 6.07) is 0. The van der Waals surface area contributed by atoms with E-state index in [0.717, 1.165) is 24.6 Å². The normalized spacial score (nSPS) is 29.7. The number of nitrogens with zero attached hydrogens (tertiary/aromatic N) is 1. The maximum Gasteiger partial charge on any atom is 0.236 e. The summed E-state index contributed by atoms with van der Waals surface area (Å²) in [5.41, 5.74) is 0. The number of rotatable bonds is 1. The van der Waals surface area contributed by atoms with Gasteiger partial charge in [0.2, 0.25) is 5.91 Å². The minimum absolute atomic E-state index is 0.295. The third kappa shape index (κ3) is 1.74. The minimum atomic E-state index is 0.295. The molecule has 2 heterocycles. The Hall–Kier alpha value is 0.170. The summed E-state index contributed by atoms with van der Waals surface area (Å²) in [6.45, 7) is 0.973. The van der Waals surface area contributed by atoms with Crippen LogP contribution in [-0.4, -0.2) is 40.0 Å². The molecule has 2 saturated heterocycles. The van der Waals surface area contributed by atoms with Gasteiger partial charge in [-0.2, -0.15) is 0 Å². The van der Waals surface area contributed by atoms with Gasteiger partial charge in [0.25, 0.3) is 0 Å². The molecule has 1 amide bonds. The molecule has 0 radical (unpaired) electrons. The first-order valence-electron chi connectivity index (χ1n) is 4.36. The molecule has 0 bridgehead atoms. The van der Waals surface area contributed by atoms with Gasteiger partial charge in [0.15, 0.2) is 0 Å². The lowest BCUT2D eigenvalue weighted by Gasteiger charge is -2.17. The van der Waals surface area contributed by atoms with Crippen LogP contribution in [0.4, 0.5) is 0 Å². The third-order valence-electron chi connectivity index (χ3n) is 2.27. The average molecular weight is 203 g/mol. The first-order valence-corrected chi connectivity index (χ1v) is 6.56. The molecule has 2 aliphatic heterocycles. The van der Waals surface area contributed by atoms with E-state index in [1.807, 2.05) is 28.4 Å². The molecule has 0 saturated carbocycles. The van der Waals surface area contributed by atoms with Crippen molar-refractivity contribution in [1.82, 2.24) is 4.90 Å². The lowest BCUT2D eigenvalue weighted by Crippen LogP contribution is -2.34. The van der Waals surface area contributed by atoms with Gasteiger partial charge in [-0.25, -0.2) is 0 Å². The van der Waals surface area contributed by atoms with E-state index in [-0.39, 0.29) is 0 Å². The standard InChI is InChI=1S/C8H13NOS2/c10-8(7-2-1-4-12-7)9-3-5-11-6-9/h7H,1-6H2. The zero-order chi connectivity index (χ0) is 8.39. The Balaban J connectivity index is 1.89. The van der Waals surface area contributed by atoms with E-state index in [0.29, 0.717) is 11.2 Å². The quantitative estimate of drug-likeness (QED) is 0.643. The molecule has 0 aliphatic carbocycles. The fourth-order valence-corrected chi connectivity index (χ4v) is 3.76. The number of thioether (sulfide) groups is 2. The first-order chi connectivity index (χ1) is 5.88. The van der Waals surface area contributed by atoms with Crippen LogP contribution in [-0.2, 0) is 4.79 Å². The summed E-state index contributed by atoms with van der Waals surface area (Å²) in [5.74, 6) is 3.62. The number of carbonyl (C=O) groups excluding carboxylic acids is 1. The van der Waals surface area contributed by atoms with Crippen molar-refractivity contribution < 1.29 is 4.79 Å². The highest BCUT2D eigenvalue weighted by Gasteiger charge is 2.29. The molecule has 2 fully saturated rings. The molecule has 1 atom stereocenters. The van der Waals surface area contributed by atoms with Crippen LogP contribution < -0.4 is 0 Å². The zero-order valence-electron chi connectivity index (χ0n) is 6.99. The van der Waals surface area contributed by atoms with Crippen LogP contribution in [0.25, 0.3) is 0 Å². The van der Waals surface area contributed by atoms with Crippen molar-refractivity contribution in [3.8, 4) is 0 Å². The highest BCUT2D eigenvalue weighted by atomic mass is 32.2. The van der Waals surface area contributed by atoms with Crippen molar-refractivity contribution in [1.29, 1.82) is 0 Å². The highest BCUT2D eigenvalue weighted by Crippen LogP contribution is 2.29. The molecule has 2 nitrogen and oxygen atoms in total. The van der Waals surface area contributed by atoms with Crippen LogP contribution in [0.15, 0.2) is 0 Å². The second kappa shape index (κ2) is 3.92. The molecule has 12 heavy (non-hydrogen) atoms. The Kier molecular flexibility index (Phi) is 2.86. The highest BCUT2D eigenvalue weighted by molar-refractivity contribution is 8.01. The van der Waals surface area contributed by atoms with E-state index < -0.39 is 0 Å². The van der Waals surface area contributed by atoms with Gasteiger partial charge in [0, 0.05) is 12.3 Å². The summed E-state index contributed by atoms with van der Waals surface area (Å²) >= 11 is 3.70. The predicted molar refractivity (Wildman–Crippen MR) is 54.5 cm³/mol. The molecule has 68 valence electrons. The Bertz CT molecular complexity index is 156. The average Bonchev–Trinajstić information content (AvgIpc) is 2.77. The molecule has 2 aliphatic rings. The maximum atomic E-state index is 11.7. The molecule has 2 rings (SSSR count). The van der Waals surface area contributed by atoms with Crippen LogP contribution in [0.1, 0.15) is 12.8 Å². The van der Waals surface area contributed by atoms with Gasteiger partial charge >= 0.3 is 0 Å². The third-order valence-corrected chi connectivity index (χ3v) is 4.60. The maximum absolute atomic E-state index is 11.7. The SMILES string of the molecule is O=C(C1CCCS1)N1CCSC1. The second-order valence-corrected chi connectivity index (χ2v) is 5.53. The van der Waals surface area contributed by atoms with Crippen LogP contribution in [0.3, 0.4) is 0 Å². The fraction of sp³-hybridized carbons (Fsp3) is 0.875. The lowest BCUT2D eigenvalue weighted by atomic mass is 10.2. The molecule has 0 spiro atoms. The molecule has 0 N–H and O–H groups in total. The van der Waals surface area contributed by atoms with Crippen molar-refractivity contribution in [2.45, 2.75) is 18.1 Å². The van der Waals surface area contributed by atoms with Gasteiger partial charge in [-0.15, -0.1) is 23.5 Å². The van der Waals surface area contributed by atoms with Crippen LogP contribution in [0.2, 0.25) is 0 Å². The second-order valence-electron chi connectivity index (χ2n) is 3.14. The summed E-state index contributed by atoms with van der Waals surface area (Å²) in [4.78, 5) is 13.7. The summed E-state index contributed by atoms with van der Waals surface area (Å²) in [6.07, 6.45) is 2.33. The van der Waals surface area contributed by atoms with Crippen molar-refractivity contribution in [3.63, 3.8) is 0 Å². The molecule has 0 aromatic heterocycles. The van der Waals surface area contributed by atoms with Gasteiger partial charge in [-0.3, -0.25) is 4.79 Å². The predicted octanol–water partition coefficient (Wildman–Crippen LogP) is 1.41. The smallest absolute Gasteiger partial charge is 0.236 e. The molecule has 0 aromatic rings. The van der Waals surface area contributed by atoms with Crippen LogP contribution >= 0.6 is 23.5 Å². The molecular formula is C8H13NOS2. The van der Waals surface area contributed by atoms with Crippen molar-refractivity contribution in [2.75, 3.05) is 23.9 Å². The lowest BCUT2D eigenvalue weighted by molar-refractivity contribution is -0.129. The van der Waals surface area contributed by atoms with Gasteiger partial charge < -0.3 is 4.90 Å². The van der Waals surface area contributed by atoms with Crippen LogP contribution in [0.5, 0.6) is 0 Å². The summed E-state index contributed by atoms with van der Waals surface area (Å²) in [7, 11) is 0. The largest absolute Gasteiger partial charge is 0.332 e. The van der Waals surface area contributed by atoms with Gasteiger partial charge in [0.05, 0.1) is 11.1 Å². The van der Waals surface area contributed by atoms with E-state index in [1.165, 1.54) is 12.2 Å². The summed E-state index contributed by atoms with van der Waals surface area (Å²) < 4.78 is 0. The van der Waals surface area contributed by atoms with E-state index >= 15 is 0 Å².